The lowest BCUT2D eigenvalue weighted by Crippen LogP contribution is -2.46. The molecule has 0 spiro atoms. The summed E-state index contributed by atoms with van der Waals surface area (Å²) in [7, 11) is 0. The van der Waals surface area contributed by atoms with Gasteiger partial charge in [-0.05, 0) is 13.3 Å². The fraction of sp³-hybridized carbons (Fsp3) is 0.727. The van der Waals surface area contributed by atoms with Crippen LogP contribution >= 0.6 is 0 Å². The van der Waals surface area contributed by atoms with E-state index in [-0.39, 0.29) is 11.4 Å². The third-order valence-electron chi connectivity index (χ3n) is 2.45. The van der Waals surface area contributed by atoms with Gasteiger partial charge in [0.05, 0.1) is 18.6 Å². The van der Waals surface area contributed by atoms with Crippen LogP contribution in [0.3, 0.4) is 0 Å². The summed E-state index contributed by atoms with van der Waals surface area (Å²) in [6.07, 6.45) is 2.14. The Balaban J connectivity index is 2.34. The van der Waals surface area contributed by atoms with Crippen molar-refractivity contribution in [3.63, 3.8) is 0 Å². The molecular formula is C11H18O3. The normalized spacial score (nSPS) is 18.4. The lowest BCUT2D eigenvalue weighted by molar-refractivity contribution is -0.168. The first-order chi connectivity index (χ1) is 6.59. The Labute approximate surface area is 85.1 Å². The summed E-state index contributed by atoms with van der Waals surface area (Å²) in [6, 6.07) is 0. The molecule has 0 aromatic rings. The van der Waals surface area contributed by atoms with E-state index >= 15 is 0 Å². The molecule has 3 heteroatoms. The smallest absolute Gasteiger partial charge is 0.333 e. The lowest BCUT2D eigenvalue weighted by atomic mass is 9.82. The van der Waals surface area contributed by atoms with Crippen molar-refractivity contribution in [3.8, 4) is 0 Å². The van der Waals surface area contributed by atoms with Crippen molar-refractivity contribution in [2.75, 3.05) is 19.8 Å². The quantitative estimate of drug-likeness (QED) is 0.500. The number of carbonyl (C=O) groups excluding carboxylic acids is 1. The summed E-state index contributed by atoms with van der Waals surface area (Å²) in [6.45, 7) is 9.21. The molecule has 80 valence electrons. The van der Waals surface area contributed by atoms with E-state index in [4.69, 9.17) is 9.47 Å². The van der Waals surface area contributed by atoms with Crippen molar-refractivity contribution < 1.29 is 14.3 Å². The fourth-order valence-electron chi connectivity index (χ4n) is 1.56. The van der Waals surface area contributed by atoms with Crippen LogP contribution in [0.1, 0.15) is 26.7 Å². The highest BCUT2D eigenvalue weighted by Crippen LogP contribution is 2.33. The Hall–Kier alpha value is -0.830. The molecule has 1 fully saturated rings. The van der Waals surface area contributed by atoms with Gasteiger partial charge in [-0.15, -0.1) is 0 Å². The zero-order valence-corrected chi connectivity index (χ0v) is 8.97. The van der Waals surface area contributed by atoms with Crippen LogP contribution in [0.5, 0.6) is 0 Å². The minimum absolute atomic E-state index is 0.0832. The maximum absolute atomic E-state index is 11.2. The van der Waals surface area contributed by atoms with Gasteiger partial charge in [0.15, 0.2) is 0 Å². The van der Waals surface area contributed by atoms with Crippen molar-refractivity contribution in [3.05, 3.63) is 12.2 Å². The minimum atomic E-state index is -0.299. The van der Waals surface area contributed by atoms with Gasteiger partial charge in [-0.3, -0.25) is 0 Å². The van der Waals surface area contributed by atoms with E-state index < -0.39 is 0 Å². The highest BCUT2D eigenvalue weighted by molar-refractivity contribution is 5.86. The molecule has 0 N–H and O–H groups in total. The molecule has 0 aliphatic carbocycles. The van der Waals surface area contributed by atoms with Crippen molar-refractivity contribution in [1.82, 2.24) is 0 Å². The van der Waals surface area contributed by atoms with Crippen LogP contribution in [0, 0.1) is 5.41 Å². The van der Waals surface area contributed by atoms with Gasteiger partial charge in [0, 0.05) is 5.57 Å². The molecule has 1 saturated heterocycles. The van der Waals surface area contributed by atoms with Crippen molar-refractivity contribution in [2.45, 2.75) is 26.7 Å². The number of ether oxygens (including phenoxy) is 2. The van der Waals surface area contributed by atoms with E-state index in [1.165, 1.54) is 0 Å². The maximum Gasteiger partial charge on any atom is 0.333 e. The van der Waals surface area contributed by atoms with Crippen LogP contribution in [-0.4, -0.2) is 25.8 Å². The van der Waals surface area contributed by atoms with Gasteiger partial charge in [0.25, 0.3) is 0 Å². The molecule has 0 saturated carbocycles. The molecule has 0 atom stereocenters. The monoisotopic (exact) mass is 198 g/mol. The first-order valence-corrected chi connectivity index (χ1v) is 5.00. The molecule has 0 aromatic heterocycles. The summed E-state index contributed by atoms with van der Waals surface area (Å²) in [5.74, 6) is -0.299. The molecule has 14 heavy (non-hydrogen) atoms. The molecule has 0 unspecified atom stereocenters. The van der Waals surface area contributed by atoms with Crippen LogP contribution in [0.15, 0.2) is 12.2 Å². The van der Waals surface area contributed by atoms with E-state index in [0.717, 1.165) is 12.8 Å². The number of rotatable bonds is 5. The molecule has 1 aliphatic rings. The lowest BCUT2D eigenvalue weighted by Gasteiger charge is -2.40. The predicted molar refractivity (Wildman–Crippen MR) is 53.9 cm³/mol. The maximum atomic E-state index is 11.2. The first kappa shape index (κ1) is 11.2. The van der Waals surface area contributed by atoms with Gasteiger partial charge in [0.2, 0.25) is 0 Å². The fourth-order valence-corrected chi connectivity index (χ4v) is 1.56. The van der Waals surface area contributed by atoms with Crippen molar-refractivity contribution >= 4 is 5.97 Å². The van der Waals surface area contributed by atoms with Crippen LogP contribution in [0.2, 0.25) is 0 Å². The second-order valence-corrected chi connectivity index (χ2v) is 4.10. The SMILES string of the molecule is C=C(C)C(=O)OCC1(CCC)COC1. The Bertz CT molecular complexity index is 229. The molecule has 0 aromatic carbocycles. The first-order valence-electron chi connectivity index (χ1n) is 5.00. The molecular weight excluding hydrogens is 180 g/mol. The van der Waals surface area contributed by atoms with Crippen LogP contribution < -0.4 is 0 Å². The highest BCUT2D eigenvalue weighted by atomic mass is 16.5. The molecule has 0 amide bonds. The summed E-state index contributed by atoms with van der Waals surface area (Å²) in [5, 5.41) is 0. The molecule has 0 bridgehead atoms. The van der Waals surface area contributed by atoms with Crippen molar-refractivity contribution in [1.29, 1.82) is 0 Å². The van der Waals surface area contributed by atoms with Gasteiger partial charge >= 0.3 is 5.97 Å². The van der Waals surface area contributed by atoms with Crippen LogP contribution in [-0.2, 0) is 14.3 Å². The largest absolute Gasteiger partial charge is 0.462 e. The number of hydrogen-bond acceptors (Lipinski definition) is 3. The van der Waals surface area contributed by atoms with Gasteiger partial charge in [-0.2, -0.15) is 0 Å². The molecule has 0 radical (unpaired) electrons. The van der Waals surface area contributed by atoms with Gasteiger partial charge in [-0.1, -0.05) is 19.9 Å². The summed E-state index contributed by atoms with van der Waals surface area (Å²) in [4.78, 5) is 11.2. The minimum Gasteiger partial charge on any atom is -0.462 e. The average molecular weight is 198 g/mol. The van der Waals surface area contributed by atoms with E-state index in [0.29, 0.717) is 25.4 Å². The van der Waals surface area contributed by atoms with Crippen LogP contribution in [0.25, 0.3) is 0 Å². The predicted octanol–water partition coefficient (Wildman–Crippen LogP) is 1.92. The topological polar surface area (TPSA) is 35.5 Å². The Morgan fingerprint density at radius 3 is 2.57 bits per heavy atom. The second-order valence-electron chi connectivity index (χ2n) is 4.10. The molecule has 1 aliphatic heterocycles. The Kier molecular flexibility index (Phi) is 3.69. The van der Waals surface area contributed by atoms with Gasteiger partial charge in [0.1, 0.15) is 6.61 Å². The Morgan fingerprint density at radius 1 is 1.57 bits per heavy atom. The number of hydrogen-bond donors (Lipinski definition) is 0. The summed E-state index contributed by atoms with van der Waals surface area (Å²) < 4.78 is 10.3. The van der Waals surface area contributed by atoms with Crippen molar-refractivity contribution in [2.24, 2.45) is 5.41 Å². The molecule has 1 rings (SSSR count). The standard InChI is InChI=1S/C11H18O3/c1-4-5-11(6-13-7-11)8-14-10(12)9(2)3/h2,4-8H2,1,3H3. The van der Waals surface area contributed by atoms with E-state index in [1.807, 2.05) is 0 Å². The van der Waals surface area contributed by atoms with E-state index in [1.54, 1.807) is 6.92 Å². The number of carbonyl (C=O) groups is 1. The third kappa shape index (κ3) is 2.58. The zero-order chi connectivity index (χ0) is 10.6. The average Bonchev–Trinajstić information content (AvgIpc) is 2.08. The number of esters is 1. The summed E-state index contributed by atoms with van der Waals surface area (Å²) >= 11 is 0. The second kappa shape index (κ2) is 4.60. The van der Waals surface area contributed by atoms with Crippen LogP contribution in [0.4, 0.5) is 0 Å². The molecule has 3 nitrogen and oxygen atoms in total. The molecule has 1 heterocycles. The summed E-state index contributed by atoms with van der Waals surface area (Å²) in [5.41, 5.74) is 0.539. The van der Waals surface area contributed by atoms with E-state index in [2.05, 4.69) is 13.5 Å². The zero-order valence-electron chi connectivity index (χ0n) is 8.97. The Morgan fingerprint density at radius 2 is 2.21 bits per heavy atom. The van der Waals surface area contributed by atoms with Gasteiger partial charge < -0.3 is 9.47 Å². The van der Waals surface area contributed by atoms with E-state index in [9.17, 15) is 4.79 Å². The third-order valence-corrected chi connectivity index (χ3v) is 2.45. The van der Waals surface area contributed by atoms with Gasteiger partial charge in [-0.25, -0.2) is 4.79 Å². The highest BCUT2D eigenvalue weighted by Gasteiger charge is 2.39.